The lowest BCUT2D eigenvalue weighted by Gasteiger charge is -2.11. The summed E-state index contributed by atoms with van der Waals surface area (Å²) in [6.45, 7) is 5.16. The molecule has 3 aromatic heterocycles. The number of rotatable bonds is 5. The van der Waals surface area contributed by atoms with Crippen LogP contribution in [0.3, 0.4) is 0 Å². The number of carbonyl (C=O) groups is 1. The highest BCUT2D eigenvalue weighted by Crippen LogP contribution is 2.41. The van der Waals surface area contributed by atoms with Gasteiger partial charge in [-0.25, -0.2) is 9.97 Å². The average molecular weight is 453 g/mol. The average Bonchev–Trinajstić information content (AvgIpc) is 3.09. The van der Waals surface area contributed by atoms with E-state index in [0.29, 0.717) is 29.1 Å². The summed E-state index contributed by atoms with van der Waals surface area (Å²) in [4.78, 5) is 25.2. The van der Waals surface area contributed by atoms with Crippen LogP contribution < -0.4 is 15.4 Å². The van der Waals surface area contributed by atoms with Crippen molar-refractivity contribution in [2.45, 2.75) is 26.5 Å². The number of hydrogen-bond donors (Lipinski definition) is 2. The summed E-state index contributed by atoms with van der Waals surface area (Å²) in [5.41, 5.74) is 2.04. The van der Waals surface area contributed by atoms with Gasteiger partial charge in [0.05, 0.1) is 23.4 Å². The van der Waals surface area contributed by atoms with Crippen molar-refractivity contribution in [3.63, 3.8) is 0 Å². The number of nitrogens with zero attached hydrogens (tertiary/aromatic N) is 3. The summed E-state index contributed by atoms with van der Waals surface area (Å²) in [5, 5.41) is 8.24. The van der Waals surface area contributed by atoms with Crippen LogP contribution in [0.5, 0.6) is 11.8 Å². The fourth-order valence-electron chi connectivity index (χ4n) is 3.63. The molecule has 32 heavy (non-hydrogen) atoms. The summed E-state index contributed by atoms with van der Waals surface area (Å²) >= 11 is 1.45. The minimum Gasteiger partial charge on any atom is -0.420 e. The van der Waals surface area contributed by atoms with Gasteiger partial charge in [-0.2, -0.15) is 9.37 Å². The maximum Gasteiger partial charge on any atom is 0.311 e. The number of ether oxygens (including phenoxy) is 2. The fourth-order valence-corrected chi connectivity index (χ4v) is 4.73. The van der Waals surface area contributed by atoms with Gasteiger partial charge in [0.25, 0.3) is 5.91 Å². The topological polar surface area (TPSA) is 98.3 Å². The molecule has 4 heterocycles. The summed E-state index contributed by atoms with van der Waals surface area (Å²) in [5.74, 6) is 0.260. The molecule has 0 aliphatic carbocycles. The van der Waals surface area contributed by atoms with Crippen LogP contribution in [0.25, 0.3) is 21.0 Å². The number of nitrogens with one attached hydrogen (secondary N) is 2. The number of aromatic nitrogens is 3. The van der Waals surface area contributed by atoms with E-state index in [1.165, 1.54) is 17.5 Å². The van der Waals surface area contributed by atoms with E-state index in [0.717, 1.165) is 21.2 Å². The molecule has 0 bridgehead atoms. The molecule has 1 aromatic carbocycles. The van der Waals surface area contributed by atoms with Gasteiger partial charge in [0, 0.05) is 46.9 Å². The second kappa shape index (κ2) is 8.29. The molecule has 1 aliphatic heterocycles. The van der Waals surface area contributed by atoms with Crippen LogP contribution in [0.4, 0.5) is 10.1 Å². The maximum atomic E-state index is 13.6. The van der Waals surface area contributed by atoms with Crippen LogP contribution in [0.15, 0.2) is 30.5 Å². The van der Waals surface area contributed by atoms with Gasteiger partial charge in [0.1, 0.15) is 4.88 Å². The molecule has 1 amide bonds. The quantitative estimate of drug-likeness (QED) is 0.436. The highest BCUT2D eigenvalue weighted by molar-refractivity contribution is 7.21. The molecular weight excluding hydrogens is 433 g/mol. The molecular formula is C22H20FN5O3S. The molecule has 0 radical (unpaired) electrons. The van der Waals surface area contributed by atoms with Crippen LogP contribution in [0, 0.1) is 6.08 Å². The van der Waals surface area contributed by atoms with Gasteiger partial charge in [-0.15, -0.1) is 11.3 Å². The Labute approximate surface area is 186 Å². The molecule has 0 saturated heterocycles. The molecule has 0 spiro atoms. The lowest BCUT2D eigenvalue weighted by atomic mass is 10.1. The monoisotopic (exact) mass is 453 g/mol. The summed E-state index contributed by atoms with van der Waals surface area (Å²) in [6.07, 6.45) is 0.457. The first-order chi connectivity index (χ1) is 15.5. The Morgan fingerprint density at radius 1 is 1.25 bits per heavy atom. The molecule has 10 heteroatoms. The Morgan fingerprint density at radius 3 is 2.97 bits per heavy atom. The number of pyridine rings is 1. The van der Waals surface area contributed by atoms with E-state index < -0.39 is 6.08 Å². The number of hydrogen-bond acceptors (Lipinski definition) is 8. The third-order valence-electron chi connectivity index (χ3n) is 5.12. The summed E-state index contributed by atoms with van der Waals surface area (Å²) < 4.78 is 25.8. The van der Waals surface area contributed by atoms with Crippen molar-refractivity contribution in [1.82, 2.24) is 20.3 Å². The number of anilines is 1. The third kappa shape index (κ3) is 3.71. The SMILES string of the molecule is CCOCc1cnc(F)nc1Oc1ccc2c(ccc3sc4c(c32)NC[C@H](C)NC4=O)n1. The van der Waals surface area contributed by atoms with Gasteiger partial charge in [-0.1, -0.05) is 0 Å². The van der Waals surface area contributed by atoms with E-state index in [1.807, 2.05) is 32.0 Å². The zero-order valence-electron chi connectivity index (χ0n) is 17.4. The second-order valence-corrected chi connectivity index (χ2v) is 8.48. The van der Waals surface area contributed by atoms with E-state index >= 15 is 0 Å². The Morgan fingerprint density at radius 2 is 2.12 bits per heavy atom. The second-order valence-electron chi connectivity index (χ2n) is 7.43. The van der Waals surface area contributed by atoms with Gasteiger partial charge < -0.3 is 20.1 Å². The number of benzene rings is 1. The van der Waals surface area contributed by atoms with Crippen molar-refractivity contribution in [3.8, 4) is 11.8 Å². The first-order valence-corrected chi connectivity index (χ1v) is 11.0. The molecule has 1 atom stereocenters. The highest BCUT2D eigenvalue weighted by Gasteiger charge is 2.25. The predicted octanol–water partition coefficient (Wildman–Crippen LogP) is 4.25. The molecule has 8 nitrogen and oxygen atoms in total. The summed E-state index contributed by atoms with van der Waals surface area (Å²) in [6, 6.07) is 7.44. The van der Waals surface area contributed by atoms with Gasteiger partial charge >= 0.3 is 6.08 Å². The van der Waals surface area contributed by atoms with Crippen molar-refractivity contribution in [1.29, 1.82) is 0 Å². The molecule has 0 unspecified atom stereocenters. The Kier molecular flexibility index (Phi) is 5.32. The standard InChI is InChI=1S/C22H20FN5O3S/c1-3-30-10-12-9-25-22(23)28-21(12)31-16-7-4-13-14(27-16)5-6-15-17(13)18-19(32-15)20(29)26-11(2)8-24-18/h4-7,9,11,24H,3,8,10H2,1-2H3,(H,26,29)/t11-/m0/s1. The number of fused-ring (bicyclic) bond motifs is 5. The molecule has 0 fully saturated rings. The predicted molar refractivity (Wildman–Crippen MR) is 120 cm³/mol. The van der Waals surface area contributed by atoms with Crippen molar-refractivity contribution in [2.24, 2.45) is 0 Å². The first kappa shape index (κ1) is 20.5. The normalized spacial score (nSPS) is 15.8. The highest BCUT2D eigenvalue weighted by atomic mass is 32.1. The van der Waals surface area contributed by atoms with E-state index in [2.05, 4.69) is 25.6 Å². The molecule has 164 valence electrons. The van der Waals surface area contributed by atoms with Crippen molar-refractivity contribution in [3.05, 3.63) is 47.0 Å². The van der Waals surface area contributed by atoms with Gasteiger partial charge in [0.15, 0.2) is 0 Å². The smallest absolute Gasteiger partial charge is 0.311 e. The van der Waals surface area contributed by atoms with Crippen LogP contribution >= 0.6 is 11.3 Å². The number of thiophene rings is 1. The van der Waals surface area contributed by atoms with Crippen LogP contribution in [0.1, 0.15) is 29.1 Å². The number of halogens is 1. The van der Waals surface area contributed by atoms with Crippen LogP contribution in [-0.4, -0.2) is 40.1 Å². The van der Waals surface area contributed by atoms with Gasteiger partial charge in [-0.05, 0) is 32.0 Å². The van der Waals surface area contributed by atoms with Gasteiger partial charge in [0.2, 0.25) is 11.8 Å². The van der Waals surface area contributed by atoms with Gasteiger partial charge in [-0.3, -0.25) is 4.79 Å². The molecule has 5 rings (SSSR count). The Hall–Kier alpha value is -3.37. The zero-order valence-corrected chi connectivity index (χ0v) is 18.3. The summed E-state index contributed by atoms with van der Waals surface area (Å²) in [7, 11) is 0. The first-order valence-electron chi connectivity index (χ1n) is 10.2. The minimum absolute atomic E-state index is 0.0318. The minimum atomic E-state index is -0.887. The van der Waals surface area contributed by atoms with E-state index in [1.54, 1.807) is 6.07 Å². The molecule has 0 saturated carbocycles. The van der Waals surface area contributed by atoms with Crippen molar-refractivity contribution >= 4 is 43.9 Å². The Bertz CT molecular complexity index is 1340. The number of carbonyl (C=O) groups excluding carboxylic acids is 1. The third-order valence-corrected chi connectivity index (χ3v) is 6.28. The lowest BCUT2D eigenvalue weighted by molar-refractivity contribution is 0.0949. The fraction of sp³-hybridized carbons (Fsp3) is 0.273. The lowest BCUT2D eigenvalue weighted by Crippen LogP contribution is -2.34. The Balaban J connectivity index is 1.55. The van der Waals surface area contributed by atoms with E-state index in [4.69, 9.17) is 9.47 Å². The van der Waals surface area contributed by atoms with Crippen molar-refractivity contribution < 1.29 is 18.7 Å². The van der Waals surface area contributed by atoms with Crippen LogP contribution in [0.2, 0.25) is 0 Å². The van der Waals surface area contributed by atoms with E-state index in [9.17, 15) is 9.18 Å². The zero-order chi connectivity index (χ0) is 22.2. The molecule has 4 aromatic rings. The maximum absolute atomic E-state index is 13.6. The van der Waals surface area contributed by atoms with Crippen molar-refractivity contribution in [2.75, 3.05) is 18.5 Å². The molecule has 1 aliphatic rings. The van der Waals surface area contributed by atoms with Crippen LogP contribution in [-0.2, 0) is 11.3 Å². The number of amides is 1. The van der Waals surface area contributed by atoms with E-state index in [-0.39, 0.29) is 30.3 Å². The molecule has 2 N–H and O–H groups in total. The largest absolute Gasteiger partial charge is 0.420 e.